The van der Waals surface area contributed by atoms with Gasteiger partial charge in [0, 0.05) is 19.6 Å². The highest BCUT2D eigenvalue weighted by Gasteiger charge is 2.03. The Kier molecular flexibility index (Phi) is 7.52. The summed E-state index contributed by atoms with van der Waals surface area (Å²) in [5, 5.41) is 0. The molecule has 0 aromatic heterocycles. The minimum atomic E-state index is -0.0544. The maximum atomic E-state index is 5.31. The van der Waals surface area contributed by atoms with Crippen molar-refractivity contribution in [3.05, 3.63) is 12.2 Å². The van der Waals surface area contributed by atoms with Crippen LogP contribution in [0.2, 0.25) is 0 Å². The Labute approximate surface area is 69.2 Å². The smallest absolute Gasteiger partial charge is 0.160 e. The minimum Gasteiger partial charge on any atom is -0.353 e. The normalized spacial score (nSPS) is 11.6. The number of rotatable bonds is 6. The molecule has 0 saturated carbocycles. The van der Waals surface area contributed by atoms with Crippen LogP contribution in [-0.2, 0) is 9.47 Å². The maximum absolute atomic E-state index is 5.31. The van der Waals surface area contributed by atoms with Crippen LogP contribution >= 0.6 is 0 Å². The first kappa shape index (κ1) is 10.7. The van der Waals surface area contributed by atoms with E-state index in [1.807, 2.05) is 26.8 Å². The van der Waals surface area contributed by atoms with Crippen LogP contribution < -0.4 is 0 Å². The highest BCUT2D eigenvalue weighted by atomic mass is 16.7. The Bertz CT molecular complexity index is 93.7. The van der Waals surface area contributed by atoms with Gasteiger partial charge in [0.1, 0.15) is 0 Å². The molecule has 0 atom stereocenters. The molecule has 0 aliphatic carbocycles. The zero-order chi connectivity index (χ0) is 8.53. The molecular weight excluding hydrogens is 140 g/mol. The van der Waals surface area contributed by atoms with Crippen LogP contribution in [0.4, 0.5) is 0 Å². The largest absolute Gasteiger partial charge is 0.353 e. The minimum absolute atomic E-state index is 0.0544. The van der Waals surface area contributed by atoms with E-state index in [1.165, 1.54) is 0 Å². The van der Waals surface area contributed by atoms with Crippen LogP contribution in [0, 0.1) is 0 Å². The Balaban J connectivity index is 3.50. The maximum Gasteiger partial charge on any atom is 0.160 e. The molecule has 0 radical (unpaired) electrons. The topological polar surface area (TPSA) is 18.5 Å². The standard InChI is InChI=1S/C9H18O2/c1-4-7-8-9(10-5-2)11-6-3/h4,7,9H,5-6,8H2,1-3H3. The van der Waals surface area contributed by atoms with Crippen molar-refractivity contribution in [2.75, 3.05) is 13.2 Å². The molecule has 0 spiro atoms. The molecule has 0 aliphatic rings. The van der Waals surface area contributed by atoms with Gasteiger partial charge in [0.15, 0.2) is 6.29 Å². The lowest BCUT2D eigenvalue weighted by atomic mass is 10.4. The summed E-state index contributed by atoms with van der Waals surface area (Å²) >= 11 is 0. The van der Waals surface area contributed by atoms with Crippen LogP contribution in [0.15, 0.2) is 12.2 Å². The lowest BCUT2D eigenvalue weighted by Crippen LogP contribution is -2.16. The van der Waals surface area contributed by atoms with Gasteiger partial charge in [0.05, 0.1) is 0 Å². The van der Waals surface area contributed by atoms with E-state index in [4.69, 9.17) is 9.47 Å². The van der Waals surface area contributed by atoms with Gasteiger partial charge in [-0.25, -0.2) is 0 Å². The van der Waals surface area contributed by atoms with Crippen molar-refractivity contribution in [1.82, 2.24) is 0 Å². The van der Waals surface area contributed by atoms with E-state index in [9.17, 15) is 0 Å². The lowest BCUT2D eigenvalue weighted by Gasteiger charge is -2.14. The van der Waals surface area contributed by atoms with E-state index in [1.54, 1.807) is 0 Å². The third kappa shape index (κ3) is 6.07. The van der Waals surface area contributed by atoms with E-state index in [0.29, 0.717) is 13.2 Å². The van der Waals surface area contributed by atoms with Crippen molar-refractivity contribution in [3.8, 4) is 0 Å². The van der Waals surface area contributed by atoms with Gasteiger partial charge in [-0.05, 0) is 20.8 Å². The molecule has 0 amide bonds. The molecule has 0 aromatic rings. The SMILES string of the molecule is CC=CCC(OCC)OCC. The molecule has 2 heteroatoms. The summed E-state index contributed by atoms with van der Waals surface area (Å²) in [4.78, 5) is 0. The Morgan fingerprint density at radius 1 is 1.18 bits per heavy atom. The second-order valence-electron chi connectivity index (χ2n) is 2.14. The monoisotopic (exact) mass is 158 g/mol. The molecule has 0 aromatic carbocycles. The molecule has 0 unspecified atom stereocenters. The fraction of sp³-hybridized carbons (Fsp3) is 0.778. The molecule has 0 saturated heterocycles. The van der Waals surface area contributed by atoms with Crippen molar-refractivity contribution >= 4 is 0 Å². The van der Waals surface area contributed by atoms with Gasteiger partial charge in [0.25, 0.3) is 0 Å². The summed E-state index contributed by atoms with van der Waals surface area (Å²) < 4.78 is 10.6. The fourth-order valence-corrected chi connectivity index (χ4v) is 0.803. The first-order valence-electron chi connectivity index (χ1n) is 4.19. The lowest BCUT2D eigenvalue weighted by molar-refractivity contribution is -0.133. The number of ether oxygens (including phenoxy) is 2. The van der Waals surface area contributed by atoms with Gasteiger partial charge < -0.3 is 9.47 Å². The molecule has 0 fully saturated rings. The predicted octanol–water partition coefficient (Wildman–Crippen LogP) is 2.35. The van der Waals surface area contributed by atoms with E-state index in [2.05, 4.69) is 6.08 Å². The molecule has 0 N–H and O–H groups in total. The Morgan fingerprint density at radius 2 is 1.73 bits per heavy atom. The van der Waals surface area contributed by atoms with E-state index in [0.717, 1.165) is 6.42 Å². The van der Waals surface area contributed by atoms with Crippen LogP contribution in [0.25, 0.3) is 0 Å². The van der Waals surface area contributed by atoms with Gasteiger partial charge in [-0.15, -0.1) is 0 Å². The zero-order valence-electron chi connectivity index (χ0n) is 7.67. The first-order valence-corrected chi connectivity index (χ1v) is 4.19. The highest BCUT2D eigenvalue weighted by Crippen LogP contribution is 2.01. The second kappa shape index (κ2) is 7.76. The van der Waals surface area contributed by atoms with Crippen LogP contribution in [0.1, 0.15) is 27.2 Å². The summed E-state index contributed by atoms with van der Waals surface area (Å²) in [5.74, 6) is 0. The highest BCUT2D eigenvalue weighted by molar-refractivity contribution is 4.77. The second-order valence-corrected chi connectivity index (χ2v) is 2.14. The summed E-state index contributed by atoms with van der Waals surface area (Å²) in [7, 11) is 0. The van der Waals surface area contributed by atoms with Crippen molar-refractivity contribution in [3.63, 3.8) is 0 Å². The van der Waals surface area contributed by atoms with Crippen molar-refractivity contribution in [2.24, 2.45) is 0 Å². The van der Waals surface area contributed by atoms with Gasteiger partial charge in [-0.2, -0.15) is 0 Å². The third-order valence-corrected chi connectivity index (χ3v) is 1.27. The molecular formula is C9H18O2. The Morgan fingerprint density at radius 3 is 2.09 bits per heavy atom. The Hall–Kier alpha value is -0.340. The zero-order valence-corrected chi connectivity index (χ0v) is 7.67. The van der Waals surface area contributed by atoms with Crippen LogP contribution in [0.5, 0.6) is 0 Å². The van der Waals surface area contributed by atoms with Crippen molar-refractivity contribution < 1.29 is 9.47 Å². The summed E-state index contributed by atoms with van der Waals surface area (Å²) in [5.41, 5.74) is 0. The summed E-state index contributed by atoms with van der Waals surface area (Å²) in [6, 6.07) is 0. The first-order chi connectivity index (χ1) is 5.35. The third-order valence-electron chi connectivity index (χ3n) is 1.27. The molecule has 0 rings (SSSR count). The molecule has 66 valence electrons. The number of allylic oxidation sites excluding steroid dienone is 1. The van der Waals surface area contributed by atoms with Gasteiger partial charge in [-0.3, -0.25) is 0 Å². The van der Waals surface area contributed by atoms with Gasteiger partial charge in [0.2, 0.25) is 0 Å². The molecule has 0 heterocycles. The number of hydrogen-bond acceptors (Lipinski definition) is 2. The van der Waals surface area contributed by atoms with Crippen LogP contribution in [-0.4, -0.2) is 19.5 Å². The van der Waals surface area contributed by atoms with Crippen molar-refractivity contribution in [2.45, 2.75) is 33.5 Å². The van der Waals surface area contributed by atoms with Crippen molar-refractivity contribution in [1.29, 1.82) is 0 Å². The average Bonchev–Trinajstić information content (AvgIpc) is 2.01. The molecule has 2 nitrogen and oxygen atoms in total. The summed E-state index contributed by atoms with van der Waals surface area (Å²) in [6.07, 6.45) is 4.85. The average molecular weight is 158 g/mol. The van der Waals surface area contributed by atoms with Crippen LogP contribution in [0.3, 0.4) is 0 Å². The van der Waals surface area contributed by atoms with E-state index in [-0.39, 0.29) is 6.29 Å². The van der Waals surface area contributed by atoms with E-state index >= 15 is 0 Å². The quantitative estimate of drug-likeness (QED) is 0.436. The molecule has 0 bridgehead atoms. The van der Waals surface area contributed by atoms with Gasteiger partial charge >= 0.3 is 0 Å². The predicted molar refractivity (Wildman–Crippen MR) is 46.5 cm³/mol. The van der Waals surface area contributed by atoms with E-state index < -0.39 is 0 Å². The van der Waals surface area contributed by atoms with Gasteiger partial charge in [-0.1, -0.05) is 12.2 Å². The molecule has 11 heavy (non-hydrogen) atoms. The summed E-state index contributed by atoms with van der Waals surface area (Å²) in [6.45, 7) is 7.36. The molecule has 0 aliphatic heterocycles. The fourth-order valence-electron chi connectivity index (χ4n) is 0.803. The number of hydrogen-bond donors (Lipinski definition) is 0.